The fraction of sp³-hybridized carbons (Fsp3) is 0.0833. The molecule has 0 aliphatic heterocycles. The lowest BCUT2D eigenvalue weighted by molar-refractivity contribution is 0.967. The third-order valence-electron chi connectivity index (χ3n) is 5.79. The molecule has 130 valence electrons. The standard InChI is InChI=1S/C24H19N3/c25-27-22-13-7-5-11-18(22)20-14-19-17-10-4-6-12-21(17)26(23(19)15-24(20)27)16-8-2-1-3-9-16/h1-3,5-9,11-15H,4,10,25H2. The Morgan fingerprint density at radius 2 is 1.56 bits per heavy atom. The first-order chi connectivity index (χ1) is 13.3. The number of nitrogens with zero attached hydrogens (tertiary/aromatic N) is 2. The van der Waals surface area contributed by atoms with Crippen LogP contribution in [0.1, 0.15) is 17.7 Å². The van der Waals surface area contributed by atoms with Crippen LogP contribution in [0.3, 0.4) is 0 Å². The van der Waals surface area contributed by atoms with E-state index in [-0.39, 0.29) is 0 Å². The van der Waals surface area contributed by atoms with Crippen LogP contribution in [-0.2, 0) is 6.42 Å². The second-order valence-electron chi connectivity index (χ2n) is 7.25. The highest BCUT2D eigenvalue weighted by molar-refractivity contribution is 6.13. The van der Waals surface area contributed by atoms with Crippen LogP contribution >= 0.6 is 0 Å². The molecule has 0 saturated heterocycles. The molecule has 0 radical (unpaired) electrons. The maximum Gasteiger partial charge on any atom is 0.0724 e. The second kappa shape index (κ2) is 5.27. The quantitative estimate of drug-likeness (QED) is 0.403. The fourth-order valence-corrected chi connectivity index (χ4v) is 4.58. The van der Waals surface area contributed by atoms with E-state index in [0.717, 1.165) is 23.9 Å². The maximum atomic E-state index is 6.47. The van der Waals surface area contributed by atoms with Crippen molar-refractivity contribution in [3.8, 4) is 5.69 Å². The van der Waals surface area contributed by atoms with Crippen LogP contribution in [0.2, 0.25) is 0 Å². The molecule has 0 saturated carbocycles. The average Bonchev–Trinajstić information content (AvgIpc) is 3.20. The van der Waals surface area contributed by atoms with Gasteiger partial charge in [-0.15, -0.1) is 0 Å². The van der Waals surface area contributed by atoms with Crippen LogP contribution in [0, 0.1) is 0 Å². The van der Waals surface area contributed by atoms with Gasteiger partial charge in [0.2, 0.25) is 0 Å². The fourth-order valence-electron chi connectivity index (χ4n) is 4.58. The van der Waals surface area contributed by atoms with Gasteiger partial charge in [-0.25, -0.2) is 0 Å². The van der Waals surface area contributed by atoms with Crippen molar-refractivity contribution in [2.24, 2.45) is 0 Å². The molecule has 3 aromatic carbocycles. The van der Waals surface area contributed by atoms with E-state index < -0.39 is 0 Å². The zero-order valence-electron chi connectivity index (χ0n) is 14.9. The van der Waals surface area contributed by atoms with Crippen LogP contribution < -0.4 is 5.84 Å². The van der Waals surface area contributed by atoms with E-state index in [1.807, 2.05) is 10.7 Å². The first-order valence-corrected chi connectivity index (χ1v) is 9.40. The van der Waals surface area contributed by atoms with Gasteiger partial charge in [-0.05, 0) is 54.8 Å². The van der Waals surface area contributed by atoms with Crippen molar-refractivity contribution in [3.63, 3.8) is 0 Å². The molecule has 0 spiro atoms. The van der Waals surface area contributed by atoms with Crippen LogP contribution in [0.4, 0.5) is 0 Å². The zero-order valence-corrected chi connectivity index (χ0v) is 14.9. The van der Waals surface area contributed by atoms with Crippen molar-refractivity contribution in [3.05, 3.63) is 84.1 Å². The van der Waals surface area contributed by atoms with Gasteiger partial charge < -0.3 is 10.4 Å². The number of benzene rings is 3. The summed E-state index contributed by atoms with van der Waals surface area (Å²) in [4.78, 5) is 0. The Hall–Kier alpha value is -3.46. The van der Waals surface area contributed by atoms with Crippen LogP contribution in [0.25, 0.3) is 44.5 Å². The lowest BCUT2D eigenvalue weighted by atomic mass is 10.00. The van der Waals surface area contributed by atoms with Gasteiger partial charge in [0.25, 0.3) is 0 Å². The summed E-state index contributed by atoms with van der Waals surface area (Å²) in [5, 5.41) is 3.77. The molecule has 0 bridgehead atoms. The molecule has 2 N–H and O–H groups in total. The Morgan fingerprint density at radius 3 is 2.44 bits per heavy atom. The minimum absolute atomic E-state index is 1.07. The van der Waals surface area contributed by atoms with Crippen molar-refractivity contribution in [1.82, 2.24) is 9.24 Å². The van der Waals surface area contributed by atoms with E-state index in [9.17, 15) is 0 Å². The summed E-state index contributed by atoms with van der Waals surface area (Å²) in [6, 6.07) is 23.6. The summed E-state index contributed by atoms with van der Waals surface area (Å²) < 4.78 is 4.19. The first-order valence-electron chi connectivity index (χ1n) is 9.40. The van der Waals surface area contributed by atoms with Gasteiger partial charge in [-0.2, -0.15) is 0 Å². The first kappa shape index (κ1) is 14.7. The third-order valence-corrected chi connectivity index (χ3v) is 5.79. The SMILES string of the molecule is Nn1c2ccccc2c2cc3c4c(n(-c5ccccc5)c3cc21)C=CCC4. The van der Waals surface area contributed by atoms with E-state index in [1.54, 1.807) is 0 Å². The van der Waals surface area contributed by atoms with Crippen molar-refractivity contribution in [2.75, 3.05) is 5.84 Å². The largest absolute Gasteiger partial charge is 0.339 e. The van der Waals surface area contributed by atoms with Crippen molar-refractivity contribution in [2.45, 2.75) is 12.8 Å². The molecule has 2 heterocycles. The van der Waals surface area contributed by atoms with Gasteiger partial charge in [0, 0.05) is 27.5 Å². The van der Waals surface area contributed by atoms with Crippen LogP contribution in [0.5, 0.6) is 0 Å². The maximum absolute atomic E-state index is 6.47. The predicted molar refractivity (Wildman–Crippen MR) is 114 cm³/mol. The number of aromatic nitrogens is 2. The molecule has 0 fully saturated rings. The Morgan fingerprint density at radius 1 is 0.741 bits per heavy atom. The number of rotatable bonds is 1. The highest BCUT2D eigenvalue weighted by atomic mass is 15.3. The molecule has 0 atom stereocenters. The number of fused-ring (bicyclic) bond motifs is 6. The van der Waals surface area contributed by atoms with Gasteiger partial charge in [0.05, 0.1) is 16.6 Å². The number of hydrogen-bond donors (Lipinski definition) is 1. The number of hydrogen-bond acceptors (Lipinski definition) is 1. The number of nitrogens with two attached hydrogens (primary N) is 1. The van der Waals surface area contributed by atoms with Gasteiger partial charge in [0.1, 0.15) is 0 Å². The zero-order chi connectivity index (χ0) is 18.0. The molecule has 6 rings (SSSR count). The minimum Gasteiger partial charge on any atom is -0.339 e. The van der Waals surface area contributed by atoms with Gasteiger partial charge in [-0.3, -0.25) is 4.68 Å². The second-order valence-corrected chi connectivity index (χ2v) is 7.25. The third kappa shape index (κ3) is 1.91. The smallest absolute Gasteiger partial charge is 0.0724 e. The average molecular weight is 349 g/mol. The van der Waals surface area contributed by atoms with Gasteiger partial charge in [0.15, 0.2) is 0 Å². The molecular formula is C24H19N3. The van der Waals surface area contributed by atoms with Crippen molar-refractivity contribution < 1.29 is 0 Å². The highest BCUT2D eigenvalue weighted by Crippen LogP contribution is 2.38. The summed E-state index contributed by atoms with van der Waals surface area (Å²) in [6.07, 6.45) is 6.72. The molecule has 0 unspecified atom stereocenters. The monoisotopic (exact) mass is 349 g/mol. The molecule has 1 aliphatic rings. The Balaban J connectivity index is 1.82. The highest BCUT2D eigenvalue weighted by Gasteiger charge is 2.20. The molecule has 2 aromatic heterocycles. The summed E-state index contributed by atoms with van der Waals surface area (Å²) in [7, 11) is 0. The lowest BCUT2D eigenvalue weighted by Gasteiger charge is -2.11. The Bertz CT molecular complexity index is 1370. The van der Waals surface area contributed by atoms with Crippen LogP contribution in [0.15, 0.2) is 72.8 Å². The normalized spacial score (nSPS) is 13.6. The molecule has 3 nitrogen and oxygen atoms in total. The number of para-hydroxylation sites is 2. The van der Waals surface area contributed by atoms with Crippen molar-refractivity contribution >= 4 is 38.8 Å². The summed E-state index contributed by atoms with van der Waals surface area (Å²) in [5.41, 5.74) is 7.28. The Labute approximate surface area is 156 Å². The molecule has 5 aromatic rings. The van der Waals surface area contributed by atoms with E-state index >= 15 is 0 Å². The predicted octanol–water partition coefficient (Wildman–Crippen LogP) is 5.41. The molecular weight excluding hydrogens is 330 g/mol. The molecule has 27 heavy (non-hydrogen) atoms. The van der Waals surface area contributed by atoms with Crippen LogP contribution in [-0.4, -0.2) is 9.24 Å². The Kier molecular flexibility index (Phi) is 2.87. The van der Waals surface area contributed by atoms with Gasteiger partial charge in [-0.1, -0.05) is 42.5 Å². The molecule has 0 amide bonds. The van der Waals surface area contributed by atoms with E-state index in [4.69, 9.17) is 5.84 Å². The van der Waals surface area contributed by atoms with E-state index in [0.29, 0.717) is 0 Å². The summed E-state index contributed by atoms with van der Waals surface area (Å²) in [6.45, 7) is 0. The summed E-state index contributed by atoms with van der Waals surface area (Å²) >= 11 is 0. The molecule has 3 heteroatoms. The lowest BCUT2D eigenvalue weighted by Crippen LogP contribution is -2.06. The number of allylic oxidation sites excluding steroid dienone is 1. The minimum atomic E-state index is 1.07. The summed E-state index contributed by atoms with van der Waals surface area (Å²) in [5.74, 6) is 6.47. The van der Waals surface area contributed by atoms with Crippen molar-refractivity contribution in [1.29, 1.82) is 0 Å². The van der Waals surface area contributed by atoms with E-state index in [1.165, 1.54) is 38.6 Å². The number of aryl methyl sites for hydroxylation is 1. The topological polar surface area (TPSA) is 35.9 Å². The molecule has 1 aliphatic carbocycles. The number of nitrogen functional groups attached to an aromatic ring is 1. The van der Waals surface area contributed by atoms with Gasteiger partial charge >= 0.3 is 0 Å². The van der Waals surface area contributed by atoms with E-state index in [2.05, 4.69) is 77.4 Å².